The van der Waals surface area contributed by atoms with Crippen molar-refractivity contribution in [2.45, 2.75) is 24.9 Å². The molecule has 0 saturated carbocycles. The van der Waals surface area contributed by atoms with Crippen LogP contribution in [-0.4, -0.2) is 54.4 Å². The number of carbonyl (C=O) groups is 1. The molecule has 2 aromatic rings. The predicted octanol–water partition coefficient (Wildman–Crippen LogP) is 2.35. The van der Waals surface area contributed by atoms with Crippen molar-refractivity contribution < 1.29 is 9.53 Å². The van der Waals surface area contributed by atoms with Crippen molar-refractivity contribution in [3.63, 3.8) is 0 Å². The number of hydrogen-bond acceptors (Lipinski definition) is 7. The third-order valence-corrected chi connectivity index (χ3v) is 5.25. The van der Waals surface area contributed by atoms with Gasteiger partial charge < -0.3 is 9.64 Å². The van der Waals surface area contributed by atoms with Crippen molar-refractivity contribution in [2.75, 3.05) is 32.1 Å². The maximum atomic E-state index is 12.4. The molecule has 24 heavy (non-hydrogen) atoms. The van der Waals surface area contributed by atoms with Crippen LogP contribution in [0.5, 0.6) is 0 Å². The van der Waals surface area contributed by atoms with Crippen molar-refractivity contribution in [1.29, 1.82) is 0 Å². The molecule has 0 spiro atoms. The molecule has 3 rings (SSSR count). The Kier molecular flexibility index (Phi) is 5.42. The minimum atomic E-state index is -0.368. The monoisotopic (exact) mass is 346 g/mol. The van der Waals surface area contributed by atoms with Crippen LogP contribution in [0.4, 0.5) is 5.82 Å². The molecule has 128 valence electrons. The number of likely N-dealkylation sites (N-methyl/N-ethyl adjacent to an activating group) is 1. The number of aromatic nitrogens is 2. The summed E-state index contributed by atoms with van der Waals surface area (Å²) < 4.78 is 5.05. The fourth-order valence-electron chi connectivity index (χ4n) is 3.25. The molecule has 0 N–H and O–H groups in total. The smallest absolute Gasteiger partial charge is 0.327 e. The van der Waals surface area contributed by atoms with Crippen molar-refractivity contribution in [1.82, 2.24) is 15.1 Å². The molecule has 6 nitrogen and oxygen atoms in total. The zero-order valence-electron chi connectivity index (χ0n) is 14.0. The van der Waals surface area contributed by atoms with E-state index in [1.165, 1.54) is 7.11 Å². The van der Waals surface area contributed by atoms with E-state index in [0.29, 0.717) is 0 Å². The molecule has 1 fully saturated rings. The summed E-state index contributed by atoms with van der Waals surface area (Å²) in [5.41, 5.74) is 0.992. The van der Waals surface area contributed by atoms with E-state index in [0.717, 1.165) is 37.3 Å². The summed E-state index contributed by atoms with van der Waals surface area (Å²) in [5, 5.41) is 12.2. The summed E-state index contributed by atoms with van der Waals surface area (Å²) in [5.74, 6) is 0.674. The Labute approximate surface area is 146 Å². The highest BCUT2D eigenvalue weighted by atomic mass is 32.1. The van der Waals surface area contributed by atoms with Crippen LogP contribution in [-0.2, 0) is 9.53 Å². The average Bonchev–Trinajstić information content (AvgIpc) is 3.16. The summed E-state index contributed by atoms with van der Waals surface area (Å²) in [6, 6.07) is 5.76. The number of piperidine rings is 1. The van der Waals surface area contributed by atoms with Gasteiger partial charge in [-0.05, 0) is 54.4 Å². The number of anilines is 1. The van der Waals surface area contributed by atoms with E-state index in [1.807, 2.05) is 36.0 Å². The van der Waals surface area contributed by atoms with Crippen LogP contribution < -0.4 is 4.90 Å². The van der Waals surface area contributed by atoms with Gasteiger partial charge in [-0.25, -0.2) is 4.79 Å². The first-order valence-corrected chi connectivity index (χ1v) is 8.99. The number of carbonyl (C=O) groups excluding carboxylic acids is 1. The molecule has 3 heterocycles. The van der Waals surface area contributed by atoms with E-state index >= 15 is 0 Å². The Hall–Kier alpha value is -1.99. The normalized spacial score (nSPS) is 19.3. The van der Waals surface area contributed by atoms with Gasteiger partial charge in [0.15, 0.2) is 5.82 Å². The molecule has 2 aromatic heterocycles. The second-order valence-electron chi connectivity index (χ2n) is 5.97. The molecule has 0 aromatic carbocycles. The minimum absolute atomic E-state index is 0.215. The highest BCUT2D eigenvalue weighted by Gasteiger charge is 2.33. The Morgan fingerprint density at radius 2 is 2.38 bits per heavy atom. The Balaban J connectivity index is 1.77. The van der Waals surface area contributed by atoms with E-state index in [4.69, 9.17) is 4.74 Å². The zero-order chi connectivity index (χ0) is 16.9. The van der Waals surface area contributed by atoms with Crippen molar-refractivity contribution in [2.24, 2.45) is 0 Å². The van der Waals surface area contributed by atoms with E-state index in [2.05, 4.69) is 20.0 Å². The molecule has 1 aliphatic heterocycles. The fourth-order valence-corrected chi connectivity index (χ4v) is 3.93. The molecule has 2 atom stereocenters. The second kappa shape index (κ2) is 7.72. The highest BCUT2D eigenvalue weighted by molar-refractivity contribution is 7.08. The van der Waals surface area contributed by atoms with Gasteiger partial charge in [-0.2, -0.15) is 16.4 Å². The zero-order valence-corrected chi connectivity index (χ0v) is 14.8. The molecule has 1 aliphatic rings. The summed E-state index contributed by atoms with van der Waals surface area (Å²) in [6.07, 6.45) is 3.79. The van der Waals surface area contributed by atoms with Crippen LogP contribution in [0.15, 0.2) is 35.2 Å². The van der Waals surface area contributed by atoms with E-state index in [-0.39, 0.29) is 18.1 Å². The lowest BCUT2D eigenvalue weighted by Crippen LogP contribution is -2.49. The summed E-state index contributed by atoms with van der Waals surface area (Å²) in [7, 11) is 3.45. The first-order valence-electron chi connectivity index (χ1n) is 8.05. The molecule has 7 heteroatoms. The number of rotatable bonds is 5. The van der Waals surface area contributed by atoms with Gasteiger partial charge in [0.2, 0.25) is 0 Å². The van der Waals surface area contributed by atoms with Gasteiger partial charge in [-0.15, -0.1) is 5.10 Å². The number of nitrogens with zero attached hydrogens (tertiary/aromatic N) is 4. The molecule has 0 aliphatic carbocycles. The third kappa shape index (κ3) is 3.57. The highest BCUT2D eigenvalue weighted by Crippen LogP contribution is 2.29. The maximum absolute atomic E-state index is 12.4. The van der Waals surface area contributed by atoms with Gasteiger partial charge >= 0.3 is 5.97 Å². The topological polar surface area (TPSA) is 58.6 Å². The predicted molar refractivity (Wildman–Crippen MR) is 94.1 cm³/mol. The first kappa shape index (κ1) is 16.9. The quantitative estimate of drug-likeness (QED) is 0.775. The minimum Gasteiger partial charge on any atom is -0.468 e. The summed E-state index contributed by atoms with van der Waals surface area (Å²) in [6.45, 7) is 1.79. The molecule has 0 amide bonds. The maximum Gasteiger partial charge on any atom is 0.327 e. The standard InChI is InChI=1S/C17H22N4O2S/c1-20(16(17(22)23-2)13-7-10-24-12-13)14-5-4-9-21(11-14)15-6-3-8-18-19-15/h3,6-8,10,12,14,16H,4-5,9,11H2,1-2H3/t14-,16-/m0/s1. The number of ether oxygens (including phenoxy) is 1. The molecule has 0 radical (unpaired) electrons. The fraction of sp³-hybridized carbons (Fsp3) is 0.471. The van der Waals surface area contributed by atoms with Crippen LogP contribution in [0.3, 0.4) is 0 Å². The Bertz CT molecular complexity index is 650. The number of methoxy groups -OCH3 is 1. The van der Waals surface area contributed by atoms with Crippen LogP contribution >= 0.6 is 11.3 Å². The van der Waals surface area contributed by atoms with Gasteiger partial charge in [0.05, 0.1) is 7.11 Å². The van der Waals surface area contributed by atoms with Gasteiger partial charge in [0.25, 0.3) is 0 Å². The van der Waals surface area contributed by atoms with E-state index < -0.39 is 0 Å². The van der Waals surface area contributed by atoms with Crippen LogP contribution in [0.1, 0.15) is 24.4 Å². The lowest BCUT2D eigenvalue weighted by atomic mass is 10.0. The van der Waals surface area contributed by atoms with Gasteiger partial charge in [-0.1, -0.05) is 0 Å². The number of thiophene rings is 1. The van der Waals surface area contributed by atoms with Crippen molar-refractivity contribution in [3.05, 3.63) is 40.7 Å². The second-order valence-corrected chi connectivity index (χ2v) is 6.75. The van der Waals surface area contributed by atoms with Gasteiger partial charge in [0, 0.05) is 25.3 Å². The molecular formula is C17H22N4O2S. The lowest BCUT2D eigenvalue weighted by Gasteiger charge is -2.40. The summed E-state index contributed by atoms with van der Waals surface area (Å²) >= 11 is 1.59. The average molecular weight is 346 g/mol. The Morgan fingerprint density at radius 1 is 1.50 bits per heavy atom. The van der Waals surface area contributed by atoms with Crippen LogP contribution in [0.25, 0.3) is 0 Å². The summed E-state index contributed by atoms with van der Waals surface area (Å²) in [4.78, 5) is 16.7. The van der Waals surface area contributed by atoms with E-state index in [1.54, 1.807) is 17.5 Å². The van der Waals surface area contributed by atoms with Crippen LogP contribution in [0, 0.1) is 0 Å². The first-order chi connectivity index (χ1) is 11.7. The van der Waals surface area contributed by atoms with Gasteiger partial charge in [-0.3, -0.25) is 4.90 Å². The molecule has 1 saturated heterocycles. The van der Waals surface area contributed by atoms with Crippen molar-refractivity contribution in [3.8, 4) is 0 Å². The number of hydrogen-bond donors (Lipinski definition) is 0. The largest absolute Gasteiger partial charge is 0.468 e. The van der Waals surface area contributed by atoms with Gasteiger partial charge in [0.1, 0.15) is 6.04 Å². The molecule has 0 bridgehead atoms. The van der Waals surface area contributed by atoms with Crippen LogP contribution in [0.2, 0.25) is 0 Å². The third-order valence-electron chi connectivity index (χ3n) is 4.55. The van der Waals surface area contributed by atoms with Crippen molar-refractivity contribution >= 4 is 23.1 Å². The molecular weight excluding hydrogens is 324 g/mol. The van der Waals surface area contributed by atoms with E-state index in [9.17, 15) is 4.79 Å². The molecule has 0 unspecified atom stereocenters. The number of esters is 1. The SMILES string of the molecule is COC(=O)[C@H](c1ccsc1)N(C)[C@H]1CCCN(c2cccnn2)C1. The Morgan fingerprint density at radius 3 is 3.04 bits per heavy atom. The lowest BCUT2D eigenvalue weighted by molar-refractivity contribution is -0.147.